The van der Waals surface area contributed by atoms with Gasteiger partial charge in [0.2, 0.25) is 0 Å². The Hall–Kier alpha value is -2.66. The smallest absolute Gasteiger partial charge is 0.251 e. The monoisotopic (exact) mass is 326 g/mol. The lowest BCUT2D eigenvalue weighted by Crippen LogP contribution is -2.39. The number of amides is 1. The van der Waals surface area contributed by atoms with Gasteiger partial charge in [0.25, 0.3) is 5.91 Å². The van der Waals surface area contributed by atoms with Crippen molar-refractivity contribution in [1.29, 1.82) is 0 Å². The number of H-pyrrole nitrogens is 1. The van der Waals surface area contributed by atoms with Crippen molar-refractivity contribution in [2.24, 2.45) is 0 Å². The average molecular weight is 326 g/mol. The van der Waals surface area contributed by atoms with Crippen LogP contribution in [0.5, 0.6) is 0 Å². The second-order valence-electron chi connectivity index (χ2n) is 5.97. The van der Waals surface area contributed by atoms with Gasteiger partial charge >= 0.3 is 0 Å². The van der Waals surface area contributed by atoms with E-state index in [0.717, 1.165) is 22.0 Å². The van der Waals surface area contributed by atoms with Crippen molar-refractivity contribution in [2.45, 2.75) is 26.0 Å². The van der Waals surface area contributed by atoms with E-state index in [1.54, 1.807) is 32.0 Å². The van der Waals surface area contributed by atoms with Gasteiger partial charge in [0, 0.05) is 28.2 Å². The van der Waals surface area contributed by atoms with Crippen molar-refractivity contribution in [3.05, 3.63) is 60.0 Å². The molecule has 5 heteroatoms. The Balaban J connectivity index is 1.85. The first-order valence-corrected chi connectivity index (χ1v) is 7.81. The molecule has 0 saturated carbocycles. The Labute approximate surface area is 139 Å². The number of fused-ring (bicyclic) bond motifs is 1. The van der Waals surface area contributed by atoms with Gasteiger partial charge in [-0.3, -0.25) is 4.79 Å². The summed E-state index contributed by atoms with van der Waals surface area (Å²) in [5.41, 5.74) is 3.15. The van der Waals surface area contributed by atoms with E-state index in [9.17, 15) is 14.3 Å². The van der Waals surface area contributed by atoms with Crippen LogP contribution in [0.4, 0.5) is 4.39 Å². The van der Waals surface area contributed by atoms with Gasteiger partial charge in [-0.05, 0) is 49.7 Å². The number of hydrogen-bond acceptors (Lipinski definition) is 2. The Bertz CT molecular complexity index is 869. The van der Waals surface area contributed by atoms with Gasteiger partial charge in [0.1, 0.15) is 5.82 Å². The third kappa shape index (κ3) is 3.16. The molecule has 1 aromatic heterocycles. The number of benzene rings is 2. The lowest BCUT2D eigenvalue weighted by atomic mass is 10.0. The highest BCUT2D eigenvalue weighted by Gasteiger charge is 2.14. The van der Waals surface area contributed by atoms with Crippen LogP contribution >= 0.6 is 0 Å². The van der Waals surface area contributed by atoms with Gasteiger partial charge in [0.15, 0.2) is 0 Å². The molecule has 0 spiro atoms. The van der Waals surface area contributed by atoms with Gasteiger partial charge in [-0.15, -0.1) is 0 Å². The summed E-state index contributed by atoms with van der Waals surface area (Å²) < 4.78 is 13.3. The number of halogens is 1. The minimum atomic E-state index is -0.611. The molecule has 0 radical (unpaired) electrons. The highest BCUT2D eigenvalue weighted by molar-refractivity contribution is 5.97. The summed E-state index contributed by atoms with van der Waals surface area (Å²) in [6.07, 6.45) is 1.22. The number of aromatic amines is 1. The Morgan fingerprint density at radius 2 is 1.88 bits per heavy atom. The molecular formula is C19H19FN2O2. The van der Waals surface area contributed by atoms with Crippen molar-refractivity contribution in [3.63, 3.8) is 0 Å². The highest BCUT2D eigenvalue weighted by Crippen LogP contribution is 2.29. The van der Waals surface area contributed by atoms with Crippen LogP contribution in [0.15, 0.2) is 48.7 Å². The first kappa shape index (κ1) is 16.2. The van der Waals surface area contributed by atoms with E-state index >= 15 is 0 Å². The van der Waals surface area contributed by atoms with E-state index in [-0.39, 0.29) is 17.8 Å². The van der Waals surface area contributed by atoms with Gasteiger partial charge < -0.3 is 15.4 Å². The van der Waals surface area contributed by atoms with Crippen LogP contribution in [0.3, 0.4) is 0 Å². The molecule has 0 saturated heterocycles. The topological polar surface area (TPSA) is 65.1 Å². The molecule has 2 atom stereocenters. The standard InChI is InChI=1S/C19H19FN2O2/c1-11(12(2)23)22-19(24)14-5-3-13(4-6-14)17-10-21-18-9-15(20)7-8-16(17)18/h3-12,21,23H,1-2H3,(H,22,24). The molecule has 124 valence electrons. The second-order valence-corrected chi connectivity index (χ2v) is 5.97. The van der Waals surface area contributed by atoms with Crippen LogP contribution in [0.1, 0.15) is 24.2 Å². The number of carbonyl (C=O) groups is 1. The van der Waals surface area contributed by atoms with E-state index in [0.29, 0.717) is 5.56 Å². The molecular weight excluding hydrogens is 307 g/mol. The molecule has 2 aromatic carbocycles. The lowest BCUT2D eigenvalue weighted by Gasteiger charge is -2.16. The molecule has 3 N–H and O–H groups in total. The normalized spacial score (nSPS) is 13.7. The van der Waals surface area contributed by atoms with Crippen molar-refractivity contribution in [3.8, 4) is 11.1 Å². The maximum atomic E-state index is 13.3. The fourth-order valence-electron chi connectivity index (χ4n) is 2.55. The predicted molar refractivity (Wildman–Crippen MR) is 92.3 cm³/mol. The van der Waals surface area contributed by atoms with Crippen molar-refractivity contribution >= 4 is 16.8 Å². The molecule has 24 heavy (non-hydrogen) atoms. The van der Waals surface area contributed by atoms with Gasteiger partial charge in [-0.1, -0.05) is 12.1 Å². The zero-order valence-electron chi connectivity index (χ0n) is 13.5. The van der Waals surface area contributed by atoms with E-state index in [4.69, 9.17) is 0 Å². The Kier molecular flexibility index (Phi) is 4.36. The molecule has 1 heterocycles. The number of aromatic nitrogens is 1. The van der Waals surface area contributed by atoms with Gasteiger partial charge in [-0.25, -0.2) is 4.39 Å². The Morgan fingerprint density at radius 1 is 1.17 bits per heavy atom. The summed E-state index contributed by atoms with van der Waals surface area (Å²) in [5, 5.41) is 13.1. The van der Waals surface area contributed by atoms with Crippen LogP contribution in [-0.4, -0.2) is 28.1 Å². The number of hydrogen-bond donors (Lipinski definition) is 3. The van der Waals surface area contributed by atoms with Gasteiger partial charge in [-0.2, -0.15) is 0 Å². The van der Waals surface area contributed by atoms with Crippen LogP contribution < -0.4 is 5.32 Å². The number of aliphatic hydroxyl groups excluding tert-OH is 1. The molecule has 3 aromatic rings. The first-order valence-electron chi connectivity index (χ1n) is 7.81. The van der Waals surface area contributed by atoms with Gasteiger partial charge in [0.05, 0.1) is 12.1 Å². The Morgan fingerprint density at radius 3 is 2.54 bits per heavy atom. The van der Waals surface area contributed by atoms with Crippen LogP contribution in [-0.2, 0) is 0 Å². The van der Waals surface area contributed by atoms with Crippen molar-refractivity contribution in [1.82, 2.24) is 10.3 Å². The summed E-state index contributed by atoms with van der Waals surface area (Å²) >= 11 is 0. The number of aliphatic hydroxyl groups is 1. The fraction of sp³-hybridized carbons (Fsp3) is 0.211. The number of carbonyl (C=O) groups excluding carboxylic acids is 1. The fourth-order valence-corrected chi connectivity index (χ4v) is 2.55. The molecule has 1 amide bonds. The molecule has 0 bridgehead atoms. The quantitative estimate of drug-likeness (QED) is 0.687. The number of rotatable bonds is 4. The zero-order valence-corrected chi connectivity index (χ0v) is 13.5. The second kappa shape index (κ2) is 6.45. The highest BCUT2D eigenvalue weighted by atomic mass is 19.1. The largest absolute Gasteiger partial charge is 0.391 e. The SMILES string of the molecule is CC(O)C(C)NC(=O)c1ccc(-c2c[nH]c3cc(F)ccc23)cc1. The van der Waals surface area contributed by atoms with E-state index < -0.39 is 6.10 Å². The molecule has 0 aliphatic heterocycles. The molecule has 0 fully saturated rings. The summed E-state index contributed by atoms with van der Waals surface area (Å²) in [4.78, 5) is 15.2. The summed E-state index contributed by atoms with van der Waals surface area (Å²) in [5.74, 6) is -0.508. The third-order valence-electron chi connectivity index (χ3n) is 4.18. The predicted octanol–water partition coefficient (Wildman–Crippen LogP) is 3.47. The maximum Gasteiger partial charge on any atom is 0.251 e. The summed E-state index contributed by atoms with van der Waals surface area (Å²) in [6, 6.07) is 11.5. The first-order chi connectivity index (χ1) is 11.5. The molecule has 4 nitrogen and oxygen atoms in total. The molecule has 0 aliphatic rings. The molecule has 3 rings (SSSR count). The number of nitrogens with one attached hydrogen (secondary N) is 2. The summed E-state index contributed by atoms with van der Waals surface area (Å²) in [6.45, 7) is 3.38. The van der Waals surface area contributed by atoms with Crippen LogP contribution in [0.2, 0.25) is 0 Å². The van der Waals surface area contributed by atoms with E-state index in [2.05, 4.69) is 10.3 Å². The van der Waals surface area contributed by atoms with E-state index in [1.807, 2.05) is 18.3 Å². The molecule has 0 aliphatic carbocycles. The maximum absolute atomic E-state index is 13.3. The van der Waals surface area contributed by atoms with Crippen molar-refractivity contribution in [2.75, 3.05) is 0 Å². The average Bonchev–Trinajstić information content (AvgIpc) is 2.97. The summed E-state index contributed by atoms with van der Waals surface area (Å²) in [7, 11) is 0. The van der Waals surface area contributed by atoms with Crippen molar-refractivity contribution < 1.29 is 14.3 Å². The van der Waals surface area contributed by atoms with Crippen LogP contribution in [0.25, 0.3) is 22.0 Å². The lowest BCUT2D eigenvalue weighted by molar-refractivity contribution is 0.0874. The molecule has 2 unspecified atom stereocenters. The minimum Gasteiger partial charge on any atom is -0.391 e. The van der Waals surface area contributed by atoms with Crippen LogP contribution in [0, 0.1) is 5.82 Å². The third-order valence-corrected chi connectivity index (χ3v) is 4.18. The van der Waals surface area contributed by atoms with E-state index in [1.165, 1.54) is 12.1 Å². The minimum absolute atomic E-state index is 0.226. The zero-order chi connectivity index (χ0) is 17.3.